The number of aromatic nitrogens is 2. The van der Waals surface area contributed by atoms with Gasteiger partial charge in [0.25, 0.3) is 0 Å². The van der Waals surface area contributed by atoms with Crippen LogP contribution < -0.4 is 4.74 Å². The van der Waals surface area contributed by atoms with Crippen molar-refractivity contribution in [1.82, 2.24) is 10.2 Å². The number of hydrogen-bond acceptors (Lipinski definition) is 4. The van der Waals surface area contributed by atoms with Gasteiger partial charge in [-0.25, -0.2) is 0 Å². The van der Waals surface area contributed by atoms with E-state index in [0.717, 1.165) is 10.8 Å². The summed E-state index contributed by atoms with van der Waals surface area (Å²) in [4.78, 5) is 0. The lowest BCUT2D eigenvalue weighted by Crippen LogP contribution is -1.90. The molecule has 0 amide bonds. The zero-order valence-corrected chi connectivity index (χ0v) is 10.5. The normalized spacial score (nSPS) is 10.6. The molecular weight excluding hydrogens is 264 g/mol. The second-order valence-electron chi connectivity index (χ2n) is 3.99. The van der Waals surface area contributed by atoms with Gasteiger partial charge in [-0.05, 0) is 41.1 Å². The van der Waals surface area contributed by atoms with Gasteiger partial charge in [-0.3, -0.25) is 0 Å². The van der Waals surface area contributed by atoms with Gasteiger partial charge in [0.1, 0.15) is 11.5 Å². The van der Waals surface area contributed by atoms with Crippen molar-refractivity contribution >= 4 is 22.4 Å². The van der Waals surface area contributed by atoms with Gasteiger partial charge >= 0.3 is 0 Å². The number of phenolic OH excluding ortho intramolecular Hbond substituents is 1. The molecule has 0 aliphatic rings. The highest BCUT2D eigenvalue weighted by molar-refractivity contribution is 6.29. The summed E-state index contributed by atoms with van der Waals surface area (Å²) in [5, 5.41) is 19.2. The molecule has 1 aromatic heterocycles. The van der Waals surface area contributed by atoms with Crippen molar-refractivity contribution in [3.05, 3.63) is 53.7 Å². The Morgan fingerprint density at radius 3 is 2.53 bits per heavy atom. The minimum Gasteiger partial charge on any atom is -0.508 e. The Morgan fingerprint density at radius 2 is 1.74 bits per heavy atom. The van der Waals surface area contributed by atoms with Crippen molar-refractivity contribution in [2.45, 2.75) is 0 Å². The number of hydrogen-bond donors (Lipinski definition) is 1. The van der Waals surface area contributed by atoms with Crippen LogP contribution in [-0.4, -0.2) is 15.3 Å². The second kappa shape index (κ2) is 4.74. The lowest BCUT2D eigenvalue weighted by molar-refractivity contribution is 0.456. The van der Waals surface area contributed by atoms with Gasteiger partial charge in [0.15, 0.2) is 5.15 Å². The molecule has 0 aliphatic carbocycles. The van der Waals surface area contributed by atoms with Crippen molar-refractivity contribution in [1.29, 1.82) is 0 Å². The maximum Gasteiger partial charge on any atom is 0.238 e. The van der Waals surface area contributed by atoms with E-state index in [4.69, 9.17) is 16.3 Å². The molecule has 0 aliphatic heterocycles. The number of aromatic hydroxyl groups is 1. The Bertz CT molecular complexity index is 729. The average Bonchev–Trinajstić information content (AvgIpc) is 2.41. The average molecular weight is 273 g/mol. The van der Waals surface area contributed by atoms with E-state index >= 15 is 0 Å². The Hall–Kier alpha value is -2.33. The van der Waals surface area contributed by atoms with E-state index in [1.165, 1.54) is 0 Å². The molecule has 3 rings (SSSR count). The van der Waals surface area contributed by atoms with E-state index in [1.807, 2.05) is 24.3 Å². The molecule has 0 radical (unpaired) electrons. The number of halogens is 1. The molecule has 0 spiro atoms. The quantitative estimate of drug-likeness (QED) is 0.771. The highest BCUT2D eigenvalue weighted by Crippen LogP contribution is 2.26. The van der Waals surface area contributed by atoms with Crippen LogP contribution in [0.1, 0.15) is 0 Å². The van der Waals surface area contributed by atoms with Crippen LogP contribution in [0.25, 0.3) is 10.8 Å². The van der Waals surface area contributed by atoms with Crippen molar-refractivity contribution in [2.75, 3.05) is 0 Å². The van der Waals surface area contributed by atoms with E-state index in [2.05, 4.69) is 10.2 Å². The first-order valence-electron chi connectivity index (χ1n) is 5.60. The van der Waals surface area contributed by atoms with E-state index in [9.17, 15) is 5.11 Å². The molecule has 0 unspecified atom stereocenters. The third kappa shape index (κ3) is 2.58. The Kier molecular flexibility index (Phi) is 2.93. The topological polar surface area (TPSA) is 55.2 Å². The van der Waals surface area contributed by atoms with Crippen LogP contribution in [0.3, 0.4) is 0 Å². The summed E-state index contributed by atoms with van der Waals surface area (Å²) in [5.74, 6) is 1.20. The zero-order valence-electron chi connectivity index (χ0n) is 9.75. The molecule has 0 bridgehead atoms. The molecule has 0 saturated heterocycles. The smallest absolute Gasteiger partial charge is 0.238 e. The molecule has 0 atom stereocenters. The van der Waals surface area contributed by atoms with Crippen LogP contribution in [0, 0.1) is 0 Å². The maximum atomic E-state index is 9.46. The van der Waals surface area contributed by atoms with Crippen LogP contribution in [0.2, 0.25) is 5.15 Å². The summed E-state index contributed by atoms with van der Waals surface area (Å²) in [6, 6.07) is 14.0. The molecule has 19 heavy (non-hydrogen) atoms. The first-order chi connectivity index (χ1) is 9.20. The SMILES string of the molecule is Oc1ccc2ccc(Oc3ccc(Cl)nn3)cc2c1. The van der Waals surface area contributed by atoms with Crippen LogP contribution in [0.5, 0.6) is 17.4 Å². The number of fused-ring (bicyclic) bond motifs is 1. The third-order valence-electron chi connectivity index (χ3n) is 2.63. The molecule has 4 nitrogen and oxygen atoms in total. The molecule has 94 valence electrons. The molecule has 0 fully saturated rings. The summed E-state index contributed by atoms with van der Waals surface area (Å²) in [6.45, 7) is 0. The monoisotopic (exact) mass is 272 g/mol. The molecule has 2 aromatic carbocycles. The minimum atomic E-state index is 0.218. The molecule has 3 aromatic rings. The number of ether oxygens (including phenoxy) is 1. The standard InChI is InChI=1S/C14H9ClN2O2/c15-13-5-6-14(17-16-13)19-12-4-2-9-1-3-11(18)7-10(9)8-12/h1-8,18H. The van der Waals surface area contributed by atoms with Crippen LogP contribution in [-0.2, 0) is 0 Å². The highest BCUT2D eigenvalue weighted by atomic mass is 35.5. The van der Waals surface area contributed by atoms with E-state index < -0.39 is 0 Å². The lowest BCUT2D eigenvalue weighted by atomic mass is 10.1. The van der Waals surface area contributed by atoms with Crippen LogP contribution >= 0.6 is 11.6 Å². The molecule has 5 heteroatoms. The van der Waals surface area contributed by atoms with Crippen molar-refractivity contribution in [2.24, 2.45) is 0 Å². The minimum absolute atomic E-state index is 0.218. The predicted molar refractivity (Wildman–Crippen MR) is 72.7 cm³/mol. The van der Waals surface area contributed by atoms with E-state index in [-0.39, 0.29) is 5.75 Å². The lowest BCUT2D eigenvalue weighted by Gasteiger charge is -2.05. The third-order valence-corrected chi connectivity index (χ3v) is 2.83. The van der Waals surface area contributed by atoms with Gasteiger partial charge in [-0.15, -0.1) is 10.2 Å². The summed E-state index contributed by atoms with van der Waals surface area (Å²) >= 11 is 5.65. The fourth-order valence-electron chi connectivity index (χ4n) is 1.75. The number of nitrogens with zero attached hydrogens (tertiary/aromatic N) is 2. The Morgan fingerprint density at radius 1 is 0.895 bits per heavy atom. The van der Waals surface area contributed by atoms with Gasteiger partial charge in [-0.1, -0.05) is 23.7 Å². The molecular formula is C14H9ClN2O2. The summed E-state index contributed by atoms with van der Waals surface area (Å²) < 4.78 is 5.57. The molecule has 1 N–H and O–H groups in total. The second-order valence-corrected chi connectivity index (χ2v) is 4.38. The van der Waals surface area contributed by atoms with Gasteiger partial charge in [-0.2, -0.15) is 0 Å². The van der Waals surface area contributed by atoms with Gasteiger partial charge in [0, 0.05) is 6.07 Å². The maximum absolute atomic E-state index is 9.46. The first kappa shape index (κ1) is 11.7. The predicted octanol–water partition coefficient (Wildman–Crippen LogP) is 3.78. The van der Waals surface area contributed by atoms with Crippen molar-refractivity contribution < 1.29 is 9.84 Å². The van der Waals surface area contributed by atoms with E-state index in [1.54, 1.807) is 24.3 Å². The molecule has 0 saturated carbocycles. The van der Waals surface area contributed by atoms with Crippen LogP contribution in [0.4, 0.5) is 0 Å². The first-order valence-corrected chi connectivity index (χ1v) is 5.98. The number of rotatable bonds is 2. The number of phenols is 1. The highest BCUT2D eigenvalue weighted by Gasteiger charge is 2.02. The fourth-order valence-corrected chi connectivity index (χ4v) is 1.86. The summed E-state index contributed by atoms with van der Waals surface area (Å²) in [6.07, 6.45) is 0. The van der Waals surface area contributed by atoms with Crippen molar-refractivity contribution in [3.63, 3.8) is 0 Å². The van der Waals surface area contributed by atoms with Gasteiger partial charge < -0.3 is 9.84 Å². The summed E-state index contributed by atoms with van der Waals surface area (Å²) in [5.41, 5.74) is 0. The van der Waals surface area contributed by atoms with E-state index in [0.29, 0.717) is 16.8 Å². The van der Waals surface area contributed by atoms with Crippen molar-refractivity contribution in [3.8, 4) is 17.4 Å². The Labute approximate surface area is 114 Å². The number of benzene rings is 2. The van der Waals surface area contributed by atoms with Gasteiger partial charge in [0.2, 0.25) is 5.88 Å². The fraction of sp³-hybridized carbons (Fsp3) is 0. The summed E-state index contributed by atoms with van der Waals surface area (Å²) in [7, 11) is 0. The van der Waals surface area contributed by atoms with Crippen LogP contribution in [0.15, 0.2) is 48.5 Å². The molecule has 1 heterocycles. The Balaban J connectivity index is 1.94. The van der Waals surface area contributed by atoms with Gasteiger partial charge in [0.05, 0.1) is 0 Å². The zero-order chi connectivity index (χ0) is 13.2. The largest absolute Gasteiger partial charge is 0.508 e.